The molecule has 2 heterocycles. The van der Waals surface area contributed by atoms with Gasteiger partial charge < -0.3 is 5.32 Å². The fourth-order valence-corrected chi connectivity index (χ4v) is 3.71. The van der Waals surface area contributed by atoms with E-state index in [2.05, 4.69) is 16.3 Å². The third-order valence-electron chi connectivity index (χ3n) is 3.03. The number of nitrogens with zero attached hydrogens (tertiary/aromatic N) is 1. The molecular weight excluding hydrogens is 264 g/mol. The first kappa shape index (κ1) is 13.9. The van der Waals surface area contributed by atoms with E-state index in [0.29, 0.717) is 6.54 Å². The minimum Gasteiger partial charge on any atom is -0.348 e. The van der Waals surface area contributed by atoms with Gasteiger partial charge in [0.2, 0.25) is 5.91 Å². The molecular formula is C13H20N2OS2. The van der Waals surface area contributed by atoms with Gasteiger partial charge in [0.1, 0.15) is 0 Å². The monoisotopic (exact) mass is 284 g/mol. The summed E-state index contributed by atoms with van der Waals surface area (Å²) < 4.78 is 0. The van der Waals surface area contributed by atoms with E-state index in [-0.39, 0.29) is 11.9 Å². The third kappa shape index (κ3) is 4.30. The number of amides is 1. The zero-order chi connectivity index (χ0) is 12.8. The summed E-state index contributed by atoms with van der Waals surface area (Å²) in [4.78, 5) is 15.5. The van der Waals surface area contributed by atoms with Crippen LogP contribution < -0.4 is 5.32 Å². The SMILES string of the molecule is C[C@@H](NC(=O)CN1CCCSCC1)c1cccs1. The fraction of sp³-hybridized carbons (Fsp3) is 0.615. The maximum absolute atomic E-state index is 12.0. The minimum atomic E-state index is 0.124. The van der Waals surface area contributed by atoms with Crippen molar-refractivity contribution in [1.29, 1.82) is 0 Å². The van der Waals surface area contributed by atoms with Crippen LogP contribution in [0.1, 0.15) is 24.3 Å². The summed E-state index contributed by atoms with van der Waals surface area (Å²) in [5.41, 5.74) is 0. The Balaban J connectivity index is 1.77. The number of rotatable bonds is 4. The topological polar surface area (TPSA) is 32.3 Å². The quantitative estimate of drug-likeness (QED) is 0.921. The van der Waals surface area contributed by atoms with E-state index in [1.807, 2.05) is 30.1 Å². The summed E-state index contributed by atoms with van der Waals surface area (Å²) in [6, 6.07) is 4.21. The van der Waals surface area contributed by atoms with E-state index >= 15 is 0 Å². The van der Waals surface area contributed by atoms with Crippen LogP contribution >= 0.6 is 23.1 Å². The molecule has 0 aromatic carbocycles. The Morgan fingerprint density at radius 3 is 3.17 bits per heavy atom. The van der Waals surface area contributed by atoms with Gasteiger partial charge in [0.05, 0.1) is 12.6 Å². The van der Waals surface area contributed by atoms with Crippen LogP contribution in [0.5, 0.6) is 0 Å². The van der Waals surface area contributed by atoms with Gasteiger partial charge in [-0.2, -0.15) is 11.8 Å². The number of nitrogens with one attached hydrogen (secondary N) is 1. The van der Waals surface area contributed by atoms with E-state index in [1.165, 1.54) is 17.1 Å². The van der Waals surface area contributed by atoms with Gasteiger partial charge in [-0.1, -0.05) is 6.07 Å². The summed E-state index contributed by atoms with van der Waals surface area (Å²) in [6.07, 6.45) is 1.19. The van der Waals surface area contributed by atoms with Gasteiger partial charge in [-0.15, -0.1) is 11.3 Å². The largest absolute Gasteiger partial charge is 0.348 e. The Kier molecular flexibility index (Phi) is 5.53. The van der Waals surface area contributed by atoms with E-state index in [9.17, 15) is 4.79 Å². The Morgan fingerprint density at radius 1 is 1.50 bits per heavy atom. The number of thiophene rings is 1. The lowest BCUT2D eigenvalue weighted by Gasteiger charge is -2.20. The average Bonchev–Trinajstić information content (AvgIpc) is 2.76. The van der Waals surface area contributed by atoms with E-state index in [0.717, 1.165) is 18.8 Å². The Labute approximate surface area is 117 Å². The number of thioether (sulfide) groups is 1. The molecule has 1 fully saturated rings. The molecule has 1 aliphatic rings. The second-order valence-corrected chi connectivity index (χ2v) is 6.75. The van der Waals surface area contributed by atoms with Gasteiger partial charge in [-0.3, -0.25) is 9.69 Å². The molecule has 1 aromatic rings. The number of hydrogen-bond acceptors (Lipinski definition) is 4. The predicted molar refractivity (Wildman–Crippen MR) is 79.3 cm³/mol. The van der Waals surface area contributed by atoms with Gasteiger partial charge in [0.25, 0.3) is 0 Å². The molecule has 1 aliphatic heterocycles. The van der Waals surface area contributed by atoms with Crippen molar-refractivity contribution in [2.45, 2.75) is 19.4 Å². The molecule has 1 aromatic heterocycles. The van der Waals surface area contributed by atoms with Crippen LogP contribution in [0.3, 0.4) is 0 Å². The normalized spacial score (nSPS) is 19.2. The lowest BCUT2D eigenvalue weighted by Crippen LogP contribution is -2.39. The molecule has 5 heteroatoms. The molecule has 3 nitrogen and oxygen atoms in total. The van der Waals surface area contributed by atoms with Crippen LogP contribution in [-0.2, 0) is 4.79 Å². The van der Waals surface area contributed by atoms with Crippen molar-refractivity contribution >= 4 is 29.0 Å². The van der Waals surface area contributed by atoms with Gasteiger partial charge in [-0.25, -0.2) is 0 Å². The van der Waals surface area contributed by atoms with Crippen molar-refractivity contribution in [3.63, 3.8) is 0 Å². The molecule has 2 rings (SSSR count). The standard InChI is InChI=1S/C13H20N2OS2/c1-11(12-4-2-8-18-12)14-13(16)10-15-5-3-7-17-9-6-15/h2,4,8,11H,3,5-7,9-10H2,1H3,(H,14,16)/t11-/m1/s1. The smallest absolute Gasteiger partial charge is 0.234 e. The molecule has 18 heavy (non-hydrogen) atoms. The highest BCUT2D eigenvalue weighted by Crippen LogP contribution is 2.18. The van der Waals surface area contributed by atoms with Crippen LogP contribution in [-0.4, -0.2) is 41.9 Å². The highest BCUT2D eigenvalue weighted by Gasteiger charge is 2.15. The van der Waals surface area contributed by atoms with E-state index in [1.54, 1.807) is 11.3 Å². The third-order valence-corrected chi connectivity index (χ3v) is 5.13. The van der Waals surface area contributed by atoms with Crippen LogP contribution in [0, 0.1) is 0 Å². The fourth-order valence-electron chi connectivity index (χ4n) is 2.05. The first-order valence-electron chi connectivity index (χ1n) is 6.38. The van der Waals surface area contributed by atoms with E-state index in [4.69, 9.17) is 0 Å². The van der Waals surface area contributed by atoms with Crippen molar-refractivity contribution in [3.05, 3.63) is 22.4 Å². The van der Waals surface area contributed by atoms with Gasteiger partial charge >= 0.3 is 0 Å². The lowest BCUT2D eigenvalue weighted by molar-refractivity contribution is -0.122. The first-order chi connectivity index (χ1) is 8.75. The van der Waals surface area contributed by atoms with Crippen LogP contribution in [0.4, 0.5) is 0 Å². The van der Waals surface area contributed by atoms with Crippen LogP contribution in [0.15, 0.2) is 17.5 Å². The Bertz CT molecular complexity index is 359. The molecule has 1 N–H and O–H groups in total. The minimum absolute atomic E-state index is 0.124. The highest BCUT2D eigenvalue weighted by molar-refractivity contribution is 7.99. The van der Waals surface area contributed by atoms with Gasteiger partial charge in [0.15, 0.2) is 0 Å². The summed E-state index contributed by atoms with van der Waals surface area (Å²) in [6.45, 7) is 4.66. The van der Waals surface area contributed by atoms with Crippen molar-refractivity contribution in [2.24, 2.45) is 0 Å². The molecule has 1 atom stereocenters. The van der Waals surface area contributed by atoms with Crippen LogP contribution in [0.25, 0.3) is 0 Å². The van der Waals surface area contributed by atoms with Crippen molar-refractivity contribution in [2.75, 3.05) is 31.1 Å². The number of carbonyl (C=O) groups is 1. The number of hydrogen-bond donors (Lipinski definition) is 1. The average molecular weight is 284 g/mol. The zero-order valence-electron chi connectivity index (χ0n) is 10.7. The maximum Gasteiger partial charge on any atom is 0.234 e. The highest BCUT2D eigenvalue weighted by atomic mass is 32.2. The maximum atomic E-state index is 12.0. The van der Waals surface area contributed by atoms with E-state index < -0.39 is 0 Å². The second-order valence-electron chi connectivity index (χ2n) is 4.55. The molecule has 0 bridgehead atoms. The van der Waals surface area contributed by atoms with Crippen LogP contribution in [0.2, 0.25) is 0 Å². The second kappa shape index (κ2) is 7.16. The summed E-state index contributed by atoms with van der Waals surface area (Å²) in [5, 5.41) is 5.12. The number of carbonyl (C=O) groups excluding carboxylic acids is 1. The molecule has 0 aliphatic carbocycles. The zero-order valence-corrected chi connectivity index (χ0v) is 12.4. The Morgan fingerprint density at radius 2 is 2.39 bits per heavy atom. The molecule has 100 valence electrons. The van der Waals surface area contributed by atoms with Crippen molar-refractivity contribution < 1.29 is 4.79 Å². The first-order valence-corrected chi connectivity index (χ1v) is 8.42. The Hall–Kier alpha value is -0.520. The molecule has 0 saturated carbocycles. The van der Waals surface area contributed by atoms with Gasteiger partial charge in [0, 0.05) is 17.2 Å². The lowest BCUT2D eigenvalue weighted by atomic mass is 10.2. The molecule has 1 amide bonds. The summed E-state index contributed by atoms with van der Waals surface area (Å²) in [7, 11) is 0. The molecule has 0 spiro atoms. The predicted octanol–water partition coefficient (Wildman–Crippen LogP) is 2.36. The van der Waals surface area contributed by atoms with Crippen molar-refractivity contribution in [3.8, 4) is 0 Å². The molecule has 0 radical (unpaired) electrons. The molecule has 1 saturated heterocycles. The molecule has 0 unspecified atom stereocenters. The van der Waals surface area contributed by atoms with Crippen molar-refractivity contribution in [1.82, 2.24) is 10.2 Å². The van der Waals surface area contributed by atoms with Gasteiger partial charge in [-0.05, 0) is 37.1 Å². The summed E-state index contributed by atoms with van der Waals surface area (Å²) >= 11 is 3.68. The summed E-state index contributed by atoms with van der Waals surface area (Å²) in [5.74, 6) is 2.51.